The van der Waals surface area contributed by atoms with E-state index in [1.807, 2.05) is 0 Å². The topological polar surface area (TPSA) is 324 Å². The van der Waals surface area contributed by atoms with E-state index < -0.39 is 117 Å². The third kappa shape index (κ3) is 14.0. The number of hydrogen-bond acceptors (Lipinski definition) is 11. The molecule has 0 aromatic heterocycles. The fourth-order valence-electron chi connectivity index (χ4n) is 2.83. The van der Waals surface area contributed by atoms with Crippen molar-refractivity contribution in [2.24, 2.45) is 5.73 Å². The van der Waals surface area contributed by atoms with E-state index in [0.717, 1.165) is 6.92 Å². The fourth-order valence-corrected chi connectivity index (χ4v) is 2.83. The summed E-state index contributed by atoms with van der Waals surface area (Å²) in [7, 11) is 0. The highest BCUT2D eigenvalue weighted by atomic mass is 16.4. The van der Waals surface area contributed by atoms with Gasteiger partial charge in [-0.1, -0.05) is 0 Å². The fraction of sp³-hybridized carbons (Fsp3) is 0.619. The van der Waals surface area contributed by atoms with Gasteiger partial charge in [0.1, 0.15) is 30.2 Å². The Morgan fingerprint density at radius 1 is 0.650 bits per heavy atom. The third-order valence-corrected chi connectivity index (χ3v) is 5.08. The highest BCUT2D eigenvalue weighted by Crippen LogP contribution is 2.01. The number of carboxylic acids is 3. The standard InChI is InChI=1S/C21H34N6O13/c1-9(17(35)27-12(21(39)40)3-5-16(33)34)24-20(38)13(8-29)25-14(30)6-23-19(37)11(2-4-15(31)32)26-18(36)10(22)7-28/h9-13,28-29H,2-8,22H2,1H3,(H,23,37)(H,24,38)(H,25,30)(H,26,36)(H,27,35)(H,31,32)(H,33,34)(H,39,40)/t9-,10-,11-,12-,13-/m0/s1. The molecule has 0 unspecified atom stereocenters. The van der Waals surface area contributed by atoms with Gasteiger partial charge in [0.15, 0.2) is 0 Å². The summed E-state index contributed by atoms with van der Waals surface area (Å²) < 4.78 is 0. The van der Waals surface area contributed by atoms with E-state index in [9.17, 15) is 43.5 Å². The number of nitrogens with two attached hydrogens (primary N) is 1. The second-order valence-corrected chi connectivity index (χ2v) is 8.37. The van der Waals surface area contributed by atoms with Crippen molar-refractivity contribution in [3.8, 4) is 0 Å². The molecule has 0 saturated carbocycles. The number of aliphatic carboxylic acids is 3. The largest absolute Gasteiger partial charge is 0.481 e. The molecule has 12 N–H and O–H groups in total. The molecule has 0 heterocycles. The van der Waals surface area contributed by atoms with Crippen LogP contribution in [0.2, 0.25) is 0 Å². The normalized spacial score (nSPS) is 14.3. The van der Waals surface area contributed by atoms with Crippen molar-refractivity contribution in [3.05, 3.63) is 0 Å². The van der Waals surface area contributed by atoms with Crippen LogP contribution in [0.1, 0.15) is 32.6 Å². The summed E-state index contributed by atoms with van der Waals surface area (Å²) in [5, 5.41) is 55.5. The van der Waals surface area contributed by atoms with Gasteiger partial charge < -0.3 is 57.9 Å². The molecular formula is C21H34N6O13. The Balaban J connectivity index is 5.02. The van der Waals surface area contributed by atoms with Gasteiger partial charge in [-0.25, -0.2) is 4.79 Å². The van der Waals surface area contributed by atoms with E-state index in [2.05, 4.69) is 26.6 Å². The minimum absolute atomic E-state index is 0.382. The van der Waals surface area contributed by atoms with Crippen LogP contribution in [-0.4, -0.2) is 123 Å². The molecule has 0 radical (unpaired) electrons. The van der Waals surface area contributed by atoms with Crippen molar-refractivity contribution >= 4 is 47.4 Å². The highest BCUT2D eigenvalue weighted by molar-refractivity contribution is 5.95. The van der Waals surface area contributed by atoms with Gasteiger partial charge in [0, 0.05) is 12.8 Å². The third-order valence-electron chi connectivity index (χ3n) is 5.08. The Kier molecular flexibility index (Phi) is 16.1. The molecular weight excluding hydrogens is 544 g/mol. The van der Waals surface area contributed by atoms with Gasteiger partial charge in [-0.05, 0) is 19.8 Å². The van der Waals surface area contributed by atoms with Gasteiger partial charge in [-0.3, -0.25) is 33.6 Å². The monoisotopic (exact) mass is 578 g/mol. The number of rotatable bonds is 19. The van der Waals surface area contributed by atoms with Crippen LogP contribution in [0.15, 0.2) is 0 Å². The van der Waals surface area contributed by atoms with Crippen molar-refractivity contribution in [1.82, 2.24) is 26.6 Å². The van der Waals surface area contributed by atoms with Crippen molar-refractivity contribution in [3.63, 3.8) is 0 Å². The number of nitrogens with one attached hydrogen (secondary N) is 5. The molecule has 5 atom stereocenters. The van der Waals surface area contributed by atoms with Gasteiger partial charge in [0.25, 0.3) is 0 Å². The second kappa shape index (κ2) is 18.0. The first-order valence-electron chi connectivity index (χ1n) is 11.7. The predicted molar refractivity (Wildman–Crippen MR) is 130 cm³/mol. The molecule has 0 fully saturated rings. The van der Waals surface area contributed by atoms with E-state index in [4.69, 9.17) is 26.2 Å². The SMILES string of the molecule is C[C@H](NC(=O)[C@H](CO)NC(=O)CNC(=O)[C@H](CCC(=O)O)NC(=O)[C@@H](N)CO)C(=O)N[C@@H](CCC(=O)O)C(=O)O. The zero-order chi connectivity index (χ0) is 31.0. The minimum Gasteiger partial charge on any atom is -0.481 e. The number of aliphatic hydroxyl groups is 2. The number of carbonyl (C=O) groups is 8. The Bertz CT molecular complexity index is 959. The van der Waals surface area contributed by atoms with E-state index >= 15 is 0 Å². The molecule has 19 nitrogen and oxygen atoms in total. The maximum absolute atomic E-state index is 12.4. The van der Waals surface area contributed by atoms with Gasteiger partial charge in [-0.2, -0.15) is 0 Å². The summed E-state index contributed by atoms with van der Waals surface area (Å²) in [6.07, 6.45) is -1.89. The molecule has 0 aliphatic rings. The number of aliphatic hydroxyl groups excluding tert-OH is 2. The van der Waals surface area contributed by atoms with E-state index in [1.54, 1.807) is 0 Å². The first kappa shape index (κ1) is 35.6. The maximum atomic E-state index is 12.4. The van der Waals surface area contributed by atoms with Crippen molar-refractivity contribution in [2.45, 2.75) is 62.8 Å². The van der Waals surface area contributed by atoms with Gasteiger partial charge in [0.05, 0.1) is 19.8 Å². The van der Waals surface area contributed by atoms with Crippen molar-refractivity contribution < 1.29 is 63.9 Å². The molecule has 40 heavy (non-hydrogen) atoms. The average Bonchev–Trinajstić information content (AvgIpc) is 2.88. The summed E-state index contributed by atoms with van der Waals surface area (Å²) in [5.41, 5.74) is 5.35. The quantitative estimate of drug-likeness (QED) is 0.0680. The molecule has 0 spiro atoms. The Hall–Kier alpha value is -4.36. The molecule has 0 saturated heterocycles. The summed E-state index contributed by atoms with van der Waals surface area (Å²) in [6.45, 7) is -1.33. The molecule has 0 aromatic carbocycles. The van der Waals surface area contributed by atoms with Gasteiger partial charge >= 0.3 is 17.9 Å². The lowest BCUT2D eigenvalue weighted by molar-refractivity contribution is -0.143. The van der Waals surface area contributed by atoms with Gasteiger partial charge in [0.2, 0.25) is 29.5 Å². The number of hydrogen-bond donors (Lipinski definition) is 11. The Morgan fingerprint density at radius 3 is 1.65 bits per heavy atom. The Morgan fingerprint density at radius 2 is 1.18 bits per heavy atom. The molecule has 19 heteroatoms. The van der Waals surface area contributed by atoms with Crippen molar-refractivity contribution in [2.75, 3.05) is 19.8 Å². The van der Waals surface area contributed by atoms with Crippen LogP contribution in [-0.2, 0) is 38.4 Å². The molecule has 0 bridgehead atoms. The lowest BCUT2D eigenvalue weighted by atomic mass is 10.1. The highest BCUT2D eigenvalue weighted by Gasteiger charge is 2.28. The van der Waals surface area contributed by atoms with Crippen LogP contribution in [0.25, 0.3) is 0 Å². The molecule has 5 amide bonds. The van der Waals surface area contributed by atoms with Crippen LogP contribution in [0.5, 0.6) is 0 Å². The number of carboxylic acid groups (broad SMARTS) is 3. The zero-order valence-corrected chi connectivity index (χ0v) is 21.4. The smallest absolute Gasteiger partial charge is 0.326 e. The van der Waals surface area contributed by atoms with E-state index in [0.29, 0.717) is 0 Å². The van der Waals surface area contributed by atoms with Crippen LogP contribution in [0.4, 0.5) is 0 Å². The molecule has 226 valence electrons. The zero-order valence-electron chi connectivity index (χ0n) is 21.4. The van der Waals surface area contributed by atoms with Crippen LogP contribution < -0.4 is 32.3 Å². The van der Waals surface area contributed by atoms with Gasteiger partial charge in [-0.15, -0.1) is 0 Å². The molecule has 0 aromatic rings. The van der Waals surface area contributed by atoms with Crippen LogP contribution in [0.3, 0.4) is 0 Å². The second-order valence-electron chi connectivity index (χ2n) is 8.37. The van der Waals surface area contributed by atoms with Crippen LogP contribution in [0, 0.1) is 0 Å². The van der Waals surface area contributed by atoms with Crippen LogP contribution >= 0.6 is 0 Å². The minimum atomic E-state index is -1.62. The molecule has 0 rings (SSSR count). The summed E-state index contributed by atoms with van der Waals surface area (Å²) in [4.78, 5) is 93.8. The summed E-state index contributed by atoms with van der Waals surface area (Å²) in [5.74, 6) is -9.07. The summed E-state index contributed by atoms with van der Waals surface area (Å²) >= 11 is 0. The number of amides is 5. The lowest BCUT2D eigenvalue weighted by Gasteiger charge is -2.22. The predicted octanol–water partition coefficient (Wildman–Crippen LogP) is -5.81. The Labute approximate surface area is 226 Å². The molecule has 0 aliphatic carbocycles. The first-order valence-corrected chi connectivity index (χ1v) is 11.7. The van der Waals surface area contributed by atoms with E-state index in [-0.39, 0.29) is 6.42 Å². The van der Waals surface area contributed by atoms with Crippen molar-refractivity contribution in [1.29, 1.82) is 0 Å². The maximum Gasteiger partial charge on any atom is 0.326 e. The first-order chi connectivity index (χ1) is 18.6. The summed E-state index contributed by atoms with van der Waals surface area (Å²) in [6, 6.07) is -7.36. The van der Waals surface area contributed by atoms with E-state index in [1.165, 1.54) is 0 Å². The lowest BCUT2D eigenvalue weighted by Crippen LogP contribution is -2.57. The average molecular weight is 579 g/mol. The number of carbonyl (C=O) groups excluding carboxylic acids is 5. The molecule has 0 aliphatic heterocycles.